The van der Waals surface area contributed by atoms with Crippen molar-refractivity contribution in [1.29, 1.82) is 0 Å². The van der Waals surface area contributed by atoms with Crippen LogP contribution < -0.4 is 0 Å². The van der Waals surface area contributed by atoms with Crippen LogP contribution in [0.4, 0.5) is 0 Å². The molecule has 3 nitrogen and oxygen atoms in total. The molecule has 100 valence electrons. The summed E-state index contributed by atoms with van der Waals surface area (Å²) in [5, 5.41) is 9.60. The molecule has 17 heavy (non-hydrogen) atoms. The van der Waals surface area contributed by atoms with Gasteiger partial charge in [0.05, 0.1) is 6.10 Å². The molecule has 0 fully saturated rings. The molecule has 0 amide bonds. The first-order valence-corrected chi connectivity index (χ1v) is 6.71. The van der Waals surface area contributed by atoms with E-state index in [1.54, 1.807) is 19.1 Å². The fourth-order valence-corrected chi connectivity index (χ4v) is 1.51. The zero-order chi connectivity index (χ0) is 12.9. The summed E-state index contributed by atoms with van der Waals surface area (Å²) in [6.45, 7) is 4.21. The maximum Gasteiger partial charge on any atom is 0.305 e. The number of aliphatic hydroxyl groups is 1. The minimum Gasteiger partial charge on any atom is -0.461 e. The van der Waals surface area contributed by atoms with Gasteiger partial charge in [-0.25, -0.2) is 0 Å². The van der Waals surface area contributed by atoms with E-state index < -0.39 is 6.10 Å². The molecule has 0 bridgehead atoms. The standard InChI is InChI=1S/C14H26O3/c1-3-5-6-7-8-10-13(15)11-9-12-17-14(16)4-2/h9,11,13,15H,3-8,10,12H2,1-2H3/b11-9+. The van der Waals surface area contributed by atoms with E-state index in [-0.39, 0.29) is 12.6 Å². The molecule has 0 aromatic heterocycles. The fourth-order valence-electron chi connectivity index (χ4n) is 1.51. The number of carbonyl (C=O) groups is 1. The Kier molecular flexibility index (Phi) is 11.1. The highest BCUT2D eigenvalue weighted by molar-refractivity contribution is 5.68. The molecule has 0 rings (SSSR count). The van der Waals surface area contributed by atoms with Crippen molar-refractivity contribution in [3.63, 3.8) is 0 Å². The predicted molar refractivity (Wildman–Crippen MR) is 69.8 cm³/mol. The van der Waals surface area contributed by atoms with Crippen LogP contribution in [0.15, 0.2) is 12.2 Å². The average molecular weight is 242 g/mol. The fraction of sp³-hybridized carbons (Fsp3) is 0.786. The summed E-state index contributed by atoms with van der Waals surface area (Å²) in [6.07, 6.45) is 10.2. The van der Waals surface area contributed by atoms with Crippen LogP contribution in [0.2, 0.25) is 0 Å². The van der Waals surface area contributed by atoms with Crippen LogP contribution in [-0.4, -0.2) is 23.8 Å². The number of ether oxygens (including phenoxy) is 1. The quantitative estimate of drug-likeness (QED) is 0.363. The highest BCUT2D eigenvalue weighted by Crippen LogP contribution is 2.07. The zero-order valence-corrected chi connectivity index (χ0v) is 11.2. The van der Waals surface area contributed by atoms with E-state index in [9.17, 15) is 9.90 Å². The first-order chi connectivity index (χ1) is 8.20. The van der Waals surface area contributed by atoms with Gasteiger partial charge in [0.1, 0.15) is 6.61 Å². The van der Waals surface area contributed by atoms with E-state index in [0.29, 0.717) is 6.42 Å². The second kappa shape index (κ2) is 11.6. The van der Waals surface area contributed by atoms with Crippen molar-refractivity contribution in [3.05, 3.63) is 12.2 Å². The maximum absolute atomic E-state index is 10.8. The van der Waals surface area contributed by atoms with Crippen LogP contribution in [0.5, 0.6) is 0 Å². The number of aliphatic hydroxyl groups excluding tert-OH is 1. The lowest BCUT2D eigenvalue weighted by Gasteiger charge is -2.05. The molecule has 0 aromatic rings. The Bertz CT molecular complexity index is 212. The molecule has 1 unspecified atom stereocenters. The molecule has 0 aromatic carbocycles. The van der Waals surface area contributed by atoms with Gasteiger partial charge in [-0.1, -0.05) is 52.0 Å². The zero-order valence-electron chi connectivity index (χ0n) is 11.2. The van der Waals surface area contributed by atoms with Gasteiger partial charge in [0, 0.05) is 6.42 Å². The van der Waals surface area contributed by atoms with Gasteiger partial charge in [0.2, 0.25) is 0 Å². The molecule has 0 radical (unpaired) electrons. The summed E-state index contributed by atoms with van der Waals surface area (Å²) in [6, 6.07) is 0. The summed E-state index contributed by atoms with van der Waals surface area (Å²) in [7, 11) is 0. The van der Waals surface area contributed by atoms with Gasteiger partial charge in [-0.05, 0) is 12.5 Å². The Balaban J connectivity index is 3.41. The smallest absolute Gasteiger partial charge is 0.305 e. The van der Waals surface area contributed by atoms with E-state index in [1.807, 2.05) is 0 Å². The first kappa shape index (κ1) is 16.2. The molecule has 0 spiro atoms. The lowest BCUT2D eigenvalue weighted by atomic mass is 10.1. The summed E-state index contributed by atoms with van der Waals surface area (Å²) >= 11 is 0. The molecule has 3 heteroatoms. The Morgan fingerprint density at radius 2 is 1.94 bits per heavy atom. The number of carbonyl (C=O) groups excluding carboxylic acids is 1. The third-order valence-corrected chi connectivity index (χ3v) is 2.59. The molecular formula is C14H26O3. The van der Waals surface area contributed by atoms with Crippen LogP contribution in [0, 0.1) is 0 Å². The third kappa shape index (κ3) is 11.4. The largest absolute Gasteiger partial charge is 0.461 e. The molecule has 0 aliphatic heterocycles. The SMILES string of the molecule is CCCCCCCC(O)/C=C/COC(=O)CC. The van der Waals surface area contributed by atoms with Crippen LogP contribution in [0.3, 0.4) is 0 Å². The van der Waals surface area contributed by atoms with Gasteiger partial charge in [-0.2, -0.15) is 0 Å². The topological polar surface area (TPSA) is 46.5 Å². The summed E-state index contributed by atoms with van der Waals surface area (Å²) in [4.78, 5) is 10.8. The second-order valence-electron chi connectivity index (χ2n) is 4.23. The number of unbranched alkanes of at least 4 members (excludes halogenated alkanes) is 4. The summed E-state index contributed by atoms with van der Waals surface area (Å²) in [5.41, 5.74) is 0. The van der Waals surface area contributed by atoms with Crippen molar-refractivity contribution < 1.29 is 14.6 Å². The molecule has 0 saturated carbocycles. The molecule has 0 aliphatic carbocycles. The lowest BCUT2D eigenvalue weighted by molar-refractivity contribution is -0.141. The monoisotopic (exact) mass is 242 g/mol. The Morgan fingerprint density at radius 3 is 2.59 bits per heavy atom. The molecule has 1 atom stereocenters. The van der Waals surface area contributed by atoms with E-state index >= 15 is 0 Å². The van der Waals surface area contributed by atoms with Crippen molar-refractivity contribution in [2.75, 3.05) is 6.61 Å². The van der Waals surface area contributed by atoms with Crippen molar-refractivity contribution in [1.82, 2.24) is 0 Å². The molecule has 0 aliphatic rings. The number of rotatable bonds is 10. The van der Waals surface area contributed by atoms with Crippen molar-refractivity contribution in [3.8, 4) is 0 Å². The average Bonchev–Trinajstić information content (AvgIpc) is 2.34. The first-order valence-electron chi connectivity index (χ1n) is 6.71. The summed E-state index contributed by atoms with van der Waals surface area (Å²) < 4.78 is 4.86. The Labute approximate surface area is 105 Å². The van der Waals surface area contributed by atoms with Gasteiger partial charge < -0.3 is 9.84 Å². The predicted octanol–water partition coefficient (Wildman–Crippen LogP) is 3.22. The van der Waals surface area contributed by atoms with Crippen molar-refractivity contribution >= 4 is 5.97 Å². The maximum atomic E-state index is 10.8. The van der Waals surface area contributed by atoms with E-state index in [1.165, 1.54) is 25.7 Å². The highest BCUT2D eigenvalue weighted by Gasteiger charge is 1.99. The van der Waals surface area contributed by atoms with Crippen LogP contribution >= 0.6 is 0 Å². The van der Waals surface area contributed by atoms with Gasteiger partial charge in [0.15, 0.2) is 0 Å². The van der Waals surface area contributed by atoms with Crippen molar-refractivity contribution in [2.24, 2.45) is 0 Å². The molecular weight excluding hydrogens is 216 g/mol. The van der Waals surface area contributed by atoms with Crippen LogP contribution in [0.25, 0.3) is 0 Å². The Hall–Kier alpha value is -0.830. The Morgan fingerprint density at radius 1 is 1.24 bits per heavy atom. The van der Waals surface area contributed by atoms with Gasteiger partial charge in [0.25, 0.3) is 0 Å². The number of esters is 1. The molecule has 0 heterocycles. The lowest BCUT2D eigenvalue weighted by Crippen LogP contribution is -2.05. The van der Waals surface area contributed by atoms with Gasteiger partial charge in [-0.15, -0.1) is 0 Å². The minimum atomic E-state index is -0.406. The molecule has 0 saturated heterocycles. The van der Waals surface area contributed by atoms with Crippen molar-refractivity contribution in [2.45, 2.75) is 64.9 Å². The normalized spacial score (nSPS) is 12.9. The summed E-state index contributed by atoms with van der Waals surface area (Å²) in [5.74, 6) is -0.205. The second-order valence-corrected chi connectivity index (χ2v) is 4.23. The van der Waals surface area contributed by atoms with Gasteiger partial charge >= 0.3 is 5.97 Å². The number of hydrogen-bond donors (Lipinski definition) is 1. The van der Waals surface area contributed by atoms with E-state index in [4.69, 9.17) is 4.74 Å². The molecule has 1 N–H and O–H groups in total. The highest BCUT2D eigenvalue weighted by atomic mass is 16.5. The third-order valence-electron chi connectivity index (χ3n) is 2.59. The van der Waals surface area contributed by atoms with Crippen LogP contribution in [-0.2, 0) is 9.53 Å². The minimum absolute atomic E-state index is 0.205. The van der Waals surface area contributed by atoms with Gasteiger partial charge in [-0.3, -0.25) is 4.79 Å². The van der Waals surface area contributed by atoms with E-state index in [0.717, 1.165) is 12.8 Å². The van der Waals surface area contributed by atoms with Crippen LogP contribution in [0.1, 0.15) is 58.8 Å². The van der Waals surface area contributed by atoms with E-state index in [2.05, 4.69) is 6.92 Å². The number of hydrogen-bond acceptors (Lipinski definition) is 3.